The highest BCUT2D eigenvalue weighted by Gasteiger charge is 2.20. The van der Waals surface area contributed by atoms with E-state index in [0.717, 1.165) is 12.4 Å². The van der Waals surface area contributed by atoms with Crippen LogP contribution in [-0.2, 0) is 0 Å². The van der Waals surface area contributed by atoms with E-state index in [1.54, 1.807) is 0 Å². The molecule has 2 unspecified atom stereocenters. The van der Waals surface area contributed by atoms with Crippen LogP contribution < -0.4 is 5.32 Å². The third kappa shape index (κ3) is 3.67. The van der Waals surface area contributed by atoms with Crippen LogP contribution in [0.1, 0.15) is 56.7 Å². The fourth-order valence-corrected chi connectivity index (χ4v) is 2.45. The van der Waals surface area contributed by atoms with Crippen molar-refractivity contribution in [3.05, 3.63) is 41.2 Å². The van der Waals surface area contributed by atoms with Gasteiger partial charge in [0.15, 0.2) is 5.82 Å². The van der Waals surface area contributed by atoms with Gasteiger partial charge in [0, 0.05) is 0 Å². The summed E-state index contributed by atoms with van der Waals surface area (Å²) in [4.78, 5) is 0. The molecule has 0 saturated carbocycles. The molecule has 21 heavy (non-hydrogen) atoms. The molecule has 0 fully saturated rings. The maximum Gasteiger partial charge on any atom is 0.168 e. The van der Waals surface area contributed by atoms with E-state index in [2.05, 4.69) is 79.7 Å². The van der Waals surface area contributed by atoms with Crippen LogP contribution in [0.5, 0.6) is 0 Å². The molecule has 0 aliphatic heterocycles. The van der Waals surface area contributed by atoms with E-state index in [1.165, 1.54) is 11.1 Å². The Morgan fingerprint density at radius 3 is 2.52 bits per heavy atom. The Balaban J connectivity index is 2.22. The quantitative estimate of drug-likeness (QED) is 0.887. The number of nitrogens with zero attached hydrogens (tertiary/aromatic N) is 4. The van der Waals surface area contributed by atoms with Gasteiger partial charge < -0.3 is 5.32 Å². The first kappa shape index (κ1) is 15.6. The van der Waals surface area contributed by atoms with Crippen molar-refractivity contribution in [3.63, 3.8) is 0 Å². The molecule has 1 N–H and O–H groups in total. The Morgan fingerprint density at radius 2 is 1.86 bits per heavy atom. The molecule has 5 heteroatoms. The van der Waals surface area contributed by atoms with Crippen molar-refractivity contribution < 1.29 is 0 Å². The highest BCUT2D eigenvalue weighted by molar-refractivity contribution is 5.28. The van der Waals surface area contributed by atoms with Gasteiger partial charge in [-0.1, -0.05) is 38.1 Å². The van der Waals surface area contributed by atoms with Crippen molar-refractivity contribution in [2.45, 2.75) is 46.7 Å². The largest absolute Gasteiger partial charge is 0.307 e. The molecule has 2 atom stereocenters. The summed E-state index contributed by atoms with van der Waals surface area (Å²) in [5.74, 6) is 1.48. The number of rotatable bonds is 6. The molecule has 2 aromatic rings. The van der Waals surface area contributed by atoms with Gasteiger partial charge in [-0.3, -0.25) is 0 Å². The molecule has 0 bridgehead atoms. The smallest absolute Gasteiger partial charge is 0.168 e. The van der Waals surface area contributed by atoms with Gasteiger partial charge in [0.05, 0.1) is 12.1 Å². The van der Waals surface area contributed by atoms with E-state index >= 15 is 0 Å². The second kappa shape index (κ2) is 6.80. The van der Waals surface area contributed by atoms with Gasteiger partial charge in [0.25, 0.3) is 0 Å². The number of hydrogen-bond acceptors (Lipinski definition) is 4. The highest BCUT2D eigenvalue weighted by atomic mass is 15.6. The third-order valence-electron chi connectivity index (χ3n) is 3.74. The Hall–Kier alpha value is -1.75. The zero-order valence-corrected chi connectivity index (χ0v) is 13.5. The van der Waals surface area contributed by atoms with Crippen molar-refractivity contribution in [1.82, 2.24) is 25.5 Å². The van der Waals surface area contributed by atoms with Crippen LogP contribution in [0.25, 0.3) is 0 Å². The molecular formula is C16H25N5. The van der Waals surface area contributed by atoms with E-state index in [0.29, 0.717) is 5.92 Å². The second-order valence-corrected chi connectivity index (χ2v) is 6.04. The van der Waals surface area contributed by atoms with Gasteiger partial charge in [0.1, 0.15) is 0 Å². The normalized spacial score (nSPS) is 14.4. The molecular weight excluding hydrogens is 262 g/mol. The molecule has 1 heterocycles. The van der Waals surface area contributed by atoms with Crippen molar-refractivity contribution in [3.8, 4) is 0 Å². The predicted molar refractivity (Wildman–Crippen MR) is 84.1 cm³/mol. The monoisotopic (exact) mass is 287 g/mol. The first-order chi connectivity index (χ1) is 10.0. The Labute approximate surface area is 126 Å². The van der Waals surface area contributed by atoms with Gasteiger partial charge in [-0.15, -0.1) is 5.10 Å². The molecule has 0 radical (unpaired) electrons. The predicted octanol–water partition coefficient (Wildman–Crippen LogP) is 2.90. The van der Waals surface area contributed by atoms with Crippen molar-refractivity contribution in [2.75, 3.05) is 6.54 Å². The SMILES string of the molecule is Cc1ccccc1C(C)n1nnnc1C(C)NCC(C)C. The maximum absolute atomic E-state index is 4.21. The molecule has 1 aromatic heterocycles. The van der Waals surface area contributed by atoms with E-state index in [9.17, 15) is 0 Å². The molecule has 0 spiro atoms. The van der Waals surface area contributed by atoms with Gasteiger partial charge in [-0.05, 0) is 54.8 Å². The fraction of sp³-hybridized carbons (Fsp3) is 0.562. The number of aryl methyl sites for hydroxylation is 1. The van der Waals surface area contributed by atoms with Crippen molar-refractivity contribution in [1.29, 1.82) is 0 Å². The summed E-state index contributed by atoms with van der Waals surface area (Å²) in [5.41, 5.74) is 2.51. The first-order valence-electron chi connectivity index (χ1n) is 7.57. The molecule has 114 valence electrons. The lowest BCUT2D eigenvalue weighted by Crippen LogP contribution is -2.27. The van der Waals surface area contributed by atoms with E-state index < -0.39 is 0 Å². The lowest BCUT2D eigenvalue weighted by molar-refractivity contribution is 0.440. The number of benzene rings is 1. The summed E-state index contributed by atoms with van der Waals surface area (Å²) in [5, 5.41) is 15.8. The number of tetrazole rings is 1. The van der Waals surface area contributed by atoms with Crippen LogP contribution in [0, 0.1) is 12.8 Å². The van der Waals surface area contributed by atoms with Crippen LogP contribution in [0.3, 0.4) is 0 Å². The summed E-state index contributed by atoms with van der Waals surface area (Å²) in [7, 11) is 0. The summed E-state index contributed by atoms with van der Waals surface area (Å²) in [6.45, 7) is 11.7. The van der Waals surface area contributed by atoms with Gasteiger partial charge in [0.2, 0.25) is 0 Å². The van der Waals surface area contributed by atoms with Crippen molar-refractivity contribution in [2.24, 2.45) is 5.92 Å². The van der Waals surface area contributed by atoms with E-state index in [1.807, 2.05) is 4.68 Å². The fourth-order valence-electron chi connectivity index (χ4n) is 2.45. The Bertz CT molecular complexity index is 576. The molecule has 0 saturated heterocycles. The second-order valence-electron chi connectivity index (χ2n) is 6.04. The van der Waals surface area contributed by atoms with Crippen LogP contribution in [-0.4, -0.2) is 26.8 Å². The van der Waals surface area contributed by atoms with Crippen molar-refractivity contribution >= 4 is 0 Å². The van der Waals surface area contributed by atoms with E-state index in [-0.39, 0.29) is 12.1 Å². The van der Waals surface area contributed by atoms with Gasteiger partial charge in [-0.25, -0.2) is 4.68 Å². The number of hydrogen-bond donors (Lipinski definition) is 1. The van der Waals surface area contributed by atoms with E-state index in [4.69, 9.17) is 0 Å². The maximum atomic E-state index is 4.21. The summed E-state index contributed by atoms with van der Waals surface area (Å²) < 4.78 is 1.92. The summed E-state index contributed by atoms with van der Waals surface area (Å²) in [6.07, 6.45) is 0. The summed E-state index contributed by atoms with van der Waals surface area (Å²) >= 11 is 0. The molecule has 5 nitrogen and oxygen atoms in total. The molecule has 2 rings (SSSR count). The minimum absolute atomic E-state index is 0.125. The molecule has 1 aromatic carbocycles. The lowest BCUT2D eigenvalue weighted by Gasteiger charge is -2.20. The average molecular weight is 287 g/mol. The highest BCUT2D eigenvalue weighted by Crippen LogP contribution is 2.23. The topological polar surface area (TPSA) is 55.6 Å². The molecule has 0 amide bonds. The number of aromatic nitrogens is 4. The molecule has 0 aliphatic rings. The zero-order chi connectivity index (χ0) is 15.4. The van der Waals surface area contributed by atoms with Crippen LogP contribution >= 0.6 is 0 Å². The Morgan fingerprint density at radius 1 is 1.14 bits per heavy atom. The average Bonchev–Trinajstić information content (AvgIpc) is 2.94. The minimum Gasteiger partial charge on any atom is -0.307 e. The first-order valence-corrected chi connectivity index (χ1v) is 7.57. The van der Waals surface area contributed by atoms with Crippen LogP contribution in [0.4, 0.5) is 0 Å². The minimum atomic E-state index is 0.125. The zero-order valence-electron chi connectivity index (χ0n) is 13.5. The van der Waals surface area contributed by atoms with Gasteiger partial charge in [-0.2, -0.15) is 0 Å². The number of nitrogens with one attached hydrogen (secondary N) is 1. The standard InChI is InChI=1S/C16H25N5/c1-11(2)10-17-13(4)16-18-19-20-21(16)14(5)15-9-7-6-8-12(15)3/h6-9,11,13-14,17H,10H2,1-5H3. The van der Waals surface area contributed by atoms with Gasteiger partial charge >= 0.3 is 0 Å². The summed E-state index contributed by atoms with van der Waals surface area (Å²) in [6, 6.07) is 8.63. The third-order valence-corrected chi connectivity index (χ3v) is 3.74. The Kier molecular flexibility index (Phi) is 5.07. The lowest BCUT2D eigenvalue weighted by atomic mass is 10.0. The van der Waals surface area contributed by atoms with Crippen LogP contribution in [0.2, 0.25) is 0 Å². The van der Waals surface area contributed by atoms with Crippen LogP contribution in [0.15, 0.2) is 24.3 Å². The molecule has 0 aliphatic carbocycles.